The number of fused-ring (bicyclic) bond motifs is 1. The molecule has 0 aliphatic carbocycles. The van der Waals surface area contributed by atoms with Gasteiger partial charge >= 0.3 is 0 Å². The summed E-state index contributed by atoms with van der Waals surface area (Å²) in [7, 11) is 0. The molecular weight excluding hydrogens is 383 g/mol. The fraction of sp³-hybridized carbons (Fsp3) is 0.417. The number of carbonyl (C=O) groups is 2. The Morgan fingerprint density at radius 3 is 2.73 bits per heavy atom. The fourth-order valence-corrected chi connectivity index (χ4v) is 3.85. The van der Waals surface area contributed by atoms with Gasteiger partial charge in [-0.05, 0) is 60.2 Å². The first-order valence-electron chi connectivity index (χ1n) is 10.5. The summed E-state index contributed by atoms with van der Waals surface area (Å²) in [5.41, 5.74) is 2.74. The third-order valence-electron chi connectivity index (χ3n) is 5.16. The summed E-state index contributed by atoms with van der Waals surface area (Å²) in [6.45, 7) is 6.93. The largest absolute Gasteiger partial charge is 0.484 e. The second-order valence-electron chi connectivity index (χ2n) is 8.00. The first-order chi connectivity index (χ1) is 14.4. The molecule has 0 saturated carbocycles. The maximum Gasteiger partial charge on any atom is 0.257 e. The summed E-state index contributed by atoms with van der Waals surface area (Å²) in [5.74, 6) is 0.321. The average Bonchev–Trinajstić information content (AvgIpc) is 2.71. The highest BCUT2D eigenvalue weighted by molar-refractivity contribution is 5.78. The molecule has 6 heteroatoms. The van der Waals surface area contributed by atoms with Crippen molar-refractivity contribution in [2.75, 3.05) is 19.7 Å². The van der Waals surface area contributed by atoms with Crippen molar-refractivity contribution in [3.63, 3.8) is 0 Å². The number of carbonyl (C=O) groups excluding carboxylic acids is 2. The molecule has 2 aromatic carbocycles. The van der Waals surface area contributed by atoms with E-state index in [1.54, 1.807) is 6.07 Å². The lowest BCUT2D eigenvalue weighted by atomic mass is 9.87. The maximum absolute atomic E-state index is 14.0. The van der Waals surface area contributed by atoms with Crippen LogP contribution in [0.3, 0.4) is 0 Å². The highest BCUT2D eigenvalue weighted by atomic mass is 19.1. The number of hydrogen-bond acceptors (Lipinski definition) is 3. The molecule has 1 atom stereocenters. The smallest absolute Gasteiger partial charge is 0.257 e. The van der Waals surface area contributed by atoms with Crippen LogP contribution in [-0.2, 0) is 16.0 Å². The highest BCUT2D eigenvalue weighted by Crippen LogP contribution is 2.38. The first kappa shape index (κ1) is 21.8. The van der Waals surface area contributed by atoms with E-state index in [2.05, 4.69) is 5.32 Å². The molecule has 2 aromatic rings. The summed E-state index contributed by atoms with van der Waals surface area (Å²) < 4.78 is 19.7. The fourth-order valence-electron chi connectivity index (χ4n) is 3.85. The molecule has 1 N–H and O–H groups in total. The van der Waals surface area contributed by atoms with Gasteiger partial charge in [0.05, 0.1) is 6.04 Å². The molecule has 2 amide bonds. The zero-order valence-electron chi connectivity index (χ0n) is 17.8. The van der Waals surface area contributed by atoms with Crippen LogP contribution in [0.2, 0.25) is 0 Å². The van der Waals surface area contributed by atoms with E-state index in [9.17, 15) is 14.0 Å². The molecule has 0 spiro atoms. The van der Waals surface area contributed by atoms with Gasteiger partial charge in [-0.1, -0.05) is 32.0 Å². The summed E-state index contributed by atoms with van der Waals surface area (Å²) in [4.78, 5) is 26.6. The van der Waals surface area contributed by atoms with Crippen molar-refractivity contribution < 1.29 is 18.7 Å². The number of nitrogens with one attached hydrogen (secondary N) is 1. The minimum absolute atomic E-state index is 0.0542. The number of likely N-dealkylation sites (N-methyl/N-ethyl adjacent to an activating group) is 1. The molecule has 1 unspecified atom stereocenters. The van der Waals surface area contributed by atoms with E-state index in [0.717, 1.165) is 23.1 Å². The molecule has 0 saturated heterocycles. The van der Waals surface area contributed by atoms with Gasteiger partial charge in [-0.25, -0.2) is 4.39 Å². The zero-order chi connectivity index (χ0) is 21.7. The number of rotatable bonds is 7. The van der Waals surface area contributed by atoms with Crippen molar-refractivity contribution in [1.29, 1.82) is 0 Å². The third-order valence-corrected chi connectivity index (χ3v) is 5.16. The van der Waals surface area contributed by atoms with Gasteiger partial charge in [0.2, 0.25) is 5.91 Å². The van der Waals surface area contributed by atoms with Gasteiger partial charge in [0.15, 0.2) is 6.61 Å². The number of benzene rings is 2. The van der Waals surface area contributed by atoms with Gasteiger partial charge in [0.25, 0.3) is 5.91 Å². The van der Waals surface area contributed by atoms with Crippen LogP contribution in [-0.4, -0.2) is 36.4 Å². The van der Waals surface area contributed by atoms with Crippen LogP contribution < -0.4 is 10.1 Å². The lowest BCUT2D eigenvalue weighted by Crippen LogP contribution is -2.41. The van der Waals surface area contributed by atoms with Crippen LogP contribution in [0.4, 0.5) is 4.39 Å². The van der Waals surface area contributed by atoms with Crippen LogP contribution in [0.15, 0.2) is 42.5 Å². The number of amides is 2. The van der Waals surface area contributed by atoms with E-state index in [0.29, 0.717) is 25.3 Å². The van der Waals surface area contributed by atoms with Gasteiger partial charge in [-0.2, -0.15) is 0 Å². The van der Waals surface area contributed by atoms with E-state index < -0.39 is 0 Å². The minimum Gasteiger partial charge on any atom is -0.484 e. The summed E-state index contributed by atoms with van der Waals surface area (Å²) >= 11 is 0. The third kappa shape index (κ3) is 5.17. The predicted octanol–water partition coefficient (Wildman–Crippen LogP) is 3.86. The second kappa shape index (κ2) is 9.74. The highest BCUT2D eigenvalue weighted by Gasteiger charge is 2.32. The Hall–Kier alpha value is -2.89. The normalized spacial score (nSPS) is 15.6. The summed E-state index contributed by atoms with van der Waals surface area (Å²) in [6.07, 6.45) is 1.16. The molecular formula is C24H29FN2O3. The molecule has 1 aliphatic heterocycles. The zero-order valence-corrected chi connectivity index (χ0v) is 17.8. The van der Waals surface area contributed by atoms with Crippen LogP contribution in [0.25, 0.3) is 0 Å². The minimum atomic E-state index is -0.385. The van der Waals surface area contributed by atoms with Gasteiger partial charge in [0.1, 0.15) is 11.6 Å². The van der Waals surface area contributed by atoms with Gasteiger partial charge < -0.3 is 15.0 Å². The van der Waals surface area contributed by atoms with Crippen LogP contribution in [0.1, 0.15) is 49.9 Å². The molecule has 0 radical (unpaired) electrons. The molecule has 30 heavy (non-hydrogen) atoms. The number of nitrogens with zero attached hydrogens (tertiary/aromatic N) is 1. The SMILES string of the molecule is CCNC(=O)COc1ccc2c(c1)C(c1cccc(F)c1)N(C(=O)CC(C)C)CC2. The molecule has 0 fully saturated rings. The number of ether oxygens (including phenoxy) is 1. The lowest BCUT2D eigenvalue weighted by molar-refractivity contribution is -0.134. The Kier molecular flexibility index (Phi) is 7.08. The van der Waals surface area contributed by atoms with Crippen molar-refractivity contribution in [1.82, 2.24) is 10.2 Å². The van der Waals surface area contributed by atoms with Gasteiger partial charge in [-0.3, -0.25) is 9.59 Å². The van der Waals surface area contributed by atoms with E-state index in [-0.39, 0.29) is 36.2 Å². The summed E-state index contributed by atoms with van der Waals surface area (Å²) in [6, 6.07) is 11.7. The van der Waals surface area contributed by atoms with Crippen molar-refractivity contribution in [3.8, 4) is 5.75 Å². The molecule has 5 nitrogen and oxygen atoms in total. The molecule has 160 valence electrons. The van der Waals surface area contributed by atoms with Crippen LogP contribution >= 0.6 is 0 Å². The van der Waals surface area contributed by atoms with Crippen molar-refractivity contribution in [2.45, 2.75) is 39.7 Å². The molecule has 3 rings (SSSR count). The van der Waals surface area contributed by atoms with Crippen molar-refractivity contribution in [2.24, 2.45) is 5.92 Å². The quantitative estimate of drug-likeness (QED) is 0.751. The molecule has 0 bridgehead atoms. The molecule has 1 heterocycles. The van der Waals surface area contributed by atoms with E-state index in [1.165, 1.54) is 12.1 Å². The predicted molar refractivity (Wildman–Crippen MR) is 114 cm³/mol. The Balaban J connectivity index is 1.96. The molecule has 1 aliphatic rings. The topological polar surface area (TPSA) is 58.6 Å². The van der Waals surface area contributed by atoms with E-state index in [4.69, 9.17) is 4.74 Å². The monoisotopic (exact) mass is 412 g/mol. The van der Waals surface area contributed by atoms with Gasteiger partial charge in [0, 0.05) is 19.5 Å². The van der Waals surface area contributed by atoms with Crippen molar-refractivity contribution >= 4 is 11.8 Å². The first-order valence-corrected chi connectivity index (χ1v) is 10.5. The number of hydrogen-bond donors (Lipinski definition) is 1. The lowest BCUT2D eigenvalue weighted by Gasteiger charge is -2.38. The van der Waals surface area contributed by atoms with Crippen molar-refractivity contribution in [3.05, 3.63) is 65.0 Å². The Morgan fingerprint density at radius 2 is 2.03 bits per heavy atom. The average molecular weight is 413 g/mol. The summed E-state index contributed by atoms with van der Waals surface area (Å²) in [5, 5.41) is 2.70. The maximum atomic E-state index is 14.0. The Labute approximate surface area is 177 Å². The Morgan fingerprint density at radius 1 is 1.23 bits per heavy atom. The van der Waals surface area contributed by atoms with Crippen LogP contribution in [0, 0.1) is 11.7 Å². The second-order valence-corrected chi connectivity index (χ2v) is 8.00. The number of halogens is 1. The van der Waals surface area contributed by atoms with E-state index in [1.807, 2.05) is 49.9 Å². The van der Waals surface area contributed by atoms with Crippen LogP contribution in [0.5, 0.6) is 5.75 Å². The standard InChI is InChI=1S/C24H29FN2O3/c1-4-26-22(28)15-30-20-9-8-17-10-11-27(23(29)12-16(2)3)24(21(17)14-20)18-6-5-7-19(25)13-18/h5-9,13-14,16,24H,4,10-12,15H2,1-3H3,(H,26,28). The van der Waals surface area contributed by atoms with E-state index >= 15 is 0 Å². The Bertz CT molecular complexity index is 913. The van der Waals surface area contributed by atoms with Gasteiger partial charge in [-0.15, -0.1) is 0 Å². The molecule has 0 aromatic heterocycles.